The zero-order valence-electron chi connectivity index (χ0n) is 15.1. The van der Waals surface area contributed by atoms with Gasteiger partial charge in [0.2, 0.25) is 5.91 Å². The minimum absolute atomic E-state index is 0.00171. The molecule has 132 valence electrons. The van der Waals surface area contributed by atoms with Gasteiger partial charge in [0.15, 0.2) is 0 Å². The third-order valence-corrected chi connectivity index (χ3v) is 5.00. The SMILES string of the molecule is CCn1c(C)cc(C(=O)N2CCNC(=O)C[C@H]2c2ccccc2)c1C. The molecule has 1 N–H and O–H groups in total. The first-order valence-electron chi connectivity index (χ1n) is 8.82. The predicted molar refractivity (Wildman–Crippen MR) is 97.4 cm³/mol. The van der Waals surface area contributed by atoms with E-state index >= 15 is 0 Å². The van der Waals surface area contributed by atoms with Gasteiger partial charge in [-0.2, -0.15) is 0 Å². The molecule has 0 bridgehead atoms. The number of carbonyl (C=O) groups is 2. The van der Waals surface area contributed by atoms with Crippen molar-refractivity contribution in [1.82, 2.24) is 14.8 Å². The molecular weight excluding hydrogens is 314 g/mol. The molecule has 0 aliphatic carbocycles. The summed E-state index contributed by atoms with van der Waals surface area (Å²) >= 11 is 0. The van der Waals surface area contributed by atoms with Gasteiger partial charge in [0.25, 0.3) is 5.91 Å². The van der Waals surface area contributed by atoms with Gasteiger partial charge in [-0.25, -0.2) is 0 Å². The minimum atomic E-state index is -0.235. The smallest absolute Gasteiger partial charge is 0.256 e. The van der Waals surface area contributed by atoms with Crippen LogP contribution in [0.25, 0.3) is 0 Å². The standard InChI is InChI=1S/C20H25N3O2/c1-4-22-14(2)12-17(15(22)3)20(25)23-11-10-21-19(24)13-18(23)16-8-6-5-7-9-16/h5-9,12,18H,4,10-11,13H2,1-3H3,(H,21,24)/t18-/m0/s1. The number of hydrogen-bond acceptors (Lipinski definition) is 2. The Hall–Kier alpha value is -2.56. The molecule has 3 rings (SSSR count). The van der Waals surface area contributed by atoms with Crippen LogP contribution in [0.1, 0.15) is 46.7 Å². The van der Waals surface area contributed by atoms with E-state index in [4.69, 9.17) is 0 Å². The highest BCUT2D eigenvalue weighted by atomic mass is 16.2. The molecule has 1 aliphatic heterocycles. The Morgan fingerprint density at radius 2 is 1.96 bits per heavy atom. The van der Waals surface area contributed by atoms with E-state index in [0.717, 1.165) is 29.1 Å². The number of carbonyl (C=O) groups excluding carboxylic acids is 2. The van der Waals surface area contributed by atoms with Gasteiger partial charge in [-0.3, -0.25) is 9.59 Å². The molecule has 0 unspecified atom stereocenters. The monoisotopic (exact) mass is 339 g/mol. The fourth-order valence-corrected chi connectivity index (χ4v) is 3.70. The number of nitrogens with one attached hydrogen (secondary N) is 1. The molecule has 5 heteroatoms. The van der Waals surface area contributed by atoms with Gasteiger partial charge < -0.3 is 14.8 Å². The highest BCUT2D eigenvalue weighted by molar-refractivity contribution is 5.96. The van der Waals surface area contributed by atoms with Crippen molar-refractivity contribution in [3.8, 4) is 0 Å². The van der Waals surface area contributed by atoms with Crippen LogP contribution in [0.3, 0.4) is 0 Å². The van der Waals surface area contributed by atoms with Crippen LogP contribution in [-0.2, 0) is 11.3 Å². The zero-order valence-corrected chi connectivity index (χ0v) is 15.1. The average Bonchev–Trinajstić information content (AvgIpc) is 2.78. The van der Waals surface area contributed by atoms with Gasteiger partial charge in [-0.15, -0.1) is 0 Å². The van der Waals surface area contributed by atoms with Crippen LogP contribution in [0.5, 0.6) is 0 Å². The molecule has 1 fully saturated rings. The maximum absolute atomic E-state index is 13.3. The summed E-state index contributed by atoms with van der Waals surface area (Å²) in [5.41, 5.74) is 3.80. The quantitative estimate of drug-likeness (QED) is 0.935. The Balaban J connectivity index is 1.99. The number of aromatic nitrogens is 1. The van der Waals surface area contributed by atoms with E-state index in [-0.39, 0.29) is 17.9 Å². The Morgan fingerprint density at radius 1 is 1.24 bits per heavy atom. The Bertz CT molecular complexity index is 780. The first-order valence-corrected chi connectivity index (χ1v) is 8.82. The van der Waals surface area contributed by atoms with Gasteiger partial charge in [0.05, 0.1) is 18.0 Å². The fraction of sp³-hybridized carbons (Fsp3) is 0.400. The highest BCUT2D eigenvalue weighted by Gasteiger charge is 2.31. The summed E-state index contributed by atoms with van der Waals surface area (Å²) in [6.07, 6.45) is 0.294. The van der Waals surface area contributed by atoms with Gasteiger partial charge in [0, 0.05) is 31.0 Å². The van der Waals surface area contributed by atoms with E-state index in [2.05, 4.69) is 16.8 Å². The molecule has 25 heavy (non-hydrogen) atoms. The van der Waals surface area contributed by atoms with Crippen LogP contribution in [0.2, 0.25) is 0 Å². The largest absolute Gasteiger partial charge is 0.354 e. The summed E-state index contributed by atoms with van der Waals surface area (Å²) in [6.45, 7) is 7.93. The third kappa shape index (κ3) is 3.31. The molecule has 1 aliphatic rings. The molecule has 0 radical (unpaired) electrons. The Labute approximate surface area is 148 Å². The van der Waals surface area contributed by atoms with Crippen LogP contribution in [0, 0.1) is 13.8 Å². The van der Waals surface area contributed by atoms with E-state index in [9.17, 15) is 9.59 Å². The highest BCUT2D eigenvalue weighted by Crippen LogP contribution is 2.28. The van der Waals surface area contributed by atoms with Crippen molar-refractivity contribution in [2.75, 3.05) is 13.1 Å². The molecule has 5 nitrogen and oxygen atoms in total. The van der Waals surface area contributed by atoms with Crippen molar-refractivity contribution in [3.63, 3.8) is 0 Å². The lowest BCUT2D eigenvalue weighted by atomic mass is 10.0. The summed E-state index contributed by atoms with van der Waals surface area (Å²) in [6, 6.07) is 11.5. The summed E-state index contributed by atoms with van der Waals surface area (Å²) in [5.74, 6) is -0.0127. The summed E-state index contributed by atoms with van der Waals surface area (Å²) in [4.78, 5) is 27.3. The normalized spacial score (nSPS) is 18.0. The second kappa shape index (κ2) is 7.13. The van der Waals surface area contributed by atoms with E-state index in [1.165, 1.54) is 0 Å². The maximum Gasteiger partial charge on any atom is 0.256 e. The van der Waals surface area contributed by atoms with Gasteiger partial charge in [0.1, 0.15) is 0 Å². The number of amides is 2. The lowest BCUT2D eigenvalue weighted by Gasteiger charge is -2.29. The first-order chi connectivity index (χ1) is 12.0. The van der Waals surface area contributed by atoms with Crippen LogP contribution in [0.4, 0.5) is 0 Å². The number of benzene rings is 1. The van der Waals surface area contributed by atoms with E-state index in [1.807, 2.05) is 55.1 Å². The van der Waals surface area contributed by atoms with Crippen LogP contribution < -0.4 is 5.32 Å². The van der Waals surface area contributed by atoms with Crippen molar-refractivity contribution >= 4 is 11.8 Å². The molecule has 1 aromatic carbocycles. The van der Waals surface area contributed by atoms with Gasteiger partial charge in [-0.1, -0.05) is 30.3 Å². The fourth-order valence-electron chi connectivity index (χ4n) is 3.70. The second-order valence-electron chi connectivity index (χ2n) is 6.51. The molecule has 0 saturated carbocycles. The van der Waals surface area contributed by atoms with E-state index < -0.39 is 0 Å². The van der Waals surface area contributed by atoms with E-state index in [0.29, 0.717) is 19.5 Å². The number of hydrogen-bond donors (Lipinski definition) is 1. The third-order valence-electron chi connectivity index (χ3n) is 5.00. The van der Waals surface area contributed by atoms with Gasteiger partial charge >= 0.3 is 0 Å². The minimum Gasteiger partial charge on any atom is -0.354 e. The summed E-state index contributed by atoms with van der Waals surface area (Å²) < 4.78 is 2.14. The van der Waals surface area contributed by atoms with Crippen molar-refractivity contribution in [3.05, 3.63) is 58.9 Å². The topological polar surface area (TPSA) is 54.3 Å². The number of nitrogens with zero attached hydrogens (tertiary/aromatic N) is 2. The second-order valence-corrected chi connectivity index (χ2v) is 6.51. The number of rotatable bonds is 3. The van der Waals surface area contributed by atoms with Gasteiger partial charge in [-0.05, 0) is 32.4 Å². The van der Waals surface area contributed by atoms with Crippen molar-refractivity contribution in [2.45, 2.75) is 39.8 Å². The van der Waals surface area contributed by atoms with Crippen LogP contribution in [-0.4, -0.2) is 34.4 Å². The molecule has 2 aromatic rings. The molecule has 1 aromatic heterocycles. The molecule has 1 atom stereocenters. The molecular formula is C20H25N3O2. The Morgan fingerprint density at radius 3 is 2.60 bits per heavy atom. The predicted octanol–water partition coefficient (Wildman–Crippen LogP) is 2.83. The molecule has 2 heterocycles. The van der Waals surface area contributed by atoms with E-state index in [1.54, 1.807) is 0 Å². The average molecular weight is 339 g/mol. The summed E-state index contributed by atoms with van der Waals surface area (Å²) in [5, 5.41) is 2.88. The van der Waals surface area contributed by atoms with Crippen LogP contribution >= 0.6 is 0 Å². The zero-order chi connectivity index (χ0) is 18.0. The number of aryl methyl sites for hydroxylation is 1. The Kier molecular flexibility index (Phi) is 4.93. The van der Waals surface area contributed by atoms with Crippen LogP contribution in [0.15, 0.2) is 36.4 Å². The van der Waals surface area contributed by atoms with Crippen molar-refractivity contribution < 1.29 is 9.59 Å². The summed E-state index contributed by atoms with van der Waals surface area (Å²) in [7, 11) is 0. The lowest BCUT2D eigenvalue weighted by Crippen LogP contribution is -2.36. The molecule has 0 spiro atoms. The molecule has 1 saturated heterocycles. The van der Waals surface area contributed by atoms with Crippen molar-refractivity contribution in [1.29, 1.82) is 0 Å². The molecule has 2 amide bonds. The first kappa shape index (κ1) is 17.3. The van der Waals surface area contributed by atoms with Crippen molar-refractivity contribution in [2.24, 2.45) is 0 Å². The lowest BCUT2D eigenvalue weighted by molar-refractivity contribution is -0.121. The maximum atomic E-state index is 13.3.